The van der Waals surface area contributed by atoms with E-state index in [1.54, 1.807) is 59.4 Å². The summed E-state index contributed by atoms with van der Waals surface area (Å²) < 4.78 is 11.6. The smallest absolute Gasteiger partial charge is 0.337 e. The van der Waals surface area contributed by atoms with Gasteiger partial charge in [-0.3, -0.25) is 14.2 Å². The highest BCUT2D eigenvalue weighted by molar-refractivity contribution is 7.99. The number of aryl methyl sites for hydroxylation is 2. The van der Waals surface area contributed by atoms with E-state index in [1.807, 2.05) is 12.1 Å². The average molecular weight is 536 g/mol. The third-order valence-electron chi connectivity index (χ3n) is 6.21. The largest absolute Gasteiger partial charge is 0.497 e. The number of carbonyl (C=O) groups excluding carboxylic acids is 2. The number of hydrogen-bond donors (Lipinski definition) is 1. The number of benzene rings is 2. The number of nitrogens with zero attached hydrogens (tertiary/aromatic N) is 2. The van der Waals surface area contributed by atoms with E-state index in [1.165, 1.54) is 23.7 Å². The molecular weight excluding hydrogens is 510 g/mol. The summed E-state index contributed by atoms with van der Waals surface area (Å²) in [5.74, 6) is 0.0434. The van der Waals surface area contributed by atoms with E-state index in [2.05, 4.69) is 5.32 Å². The lowest BCUT2D eigenvalue weighted by molar-refractivity contribution is -0.113. The van der Waals surface area contributed by atoms with Crippen molar-refractivity contribution in [1.29, 1.82) is 0 Å². The van der Waals surface area contributed by atoms with Gasteiger partial charge in [-0.25, -0.2) is 9.78 Å². The molecular formula is C27H25N3O5S2. The maximum Gasteiger partial charge on any atom is 0.337 e. The van der Waals surface area contributed by atoms with Gasteiger partial charge in [0.15, 0.2) is 5.16 Å². The molecule has 0 spiro atoms. The third-order valence-corrected chi connectivity index (χ3v) is 8.34. The van der Waals surface area contributed by atoms with Crippen LogP contribution in [0.25, 0.3) is 15.9 Å². The van der Waals surface area contributed by atoms with Crippen molar-refractivity contribution in [3.05, 3.63) is 74.9 Å². The lowest BCUT2D eigenvalue weighted by Gasteiger charge is -2.14. The Kier molecular flexibility index (Phi) is 7.29. The molecule has 10 heteroatoms. The number of hydrogen-bond acceptors (Lipinski definition) is 8. The number of amides is 1. The first-order valence-corrected chi connectivity index (χ1v) is 13.6. The van der Waals surface area contributed by atoms with Crippen molar-refractivity contribution in [2.75, 3.05) is 25.3 Å². The second kappa shape index (κ2) is 10.8. The van der Waals surface area contributed by atoms with Crippen LogP contribution in [0.15, 0.2) is 58.5 Å². The first kappa shape index (κ1) is 25.0. The molecule has 2 heterocycles. The molecule has 0 atom stereocenters. The minimum atomic E-state index is -0.443. The number of nitrogens with one attached hydrogen (secondary N) is 1. The molecule has 0 bridgehead atoms. The Balaban J connectivity index is 1.44. The highest BCUT2D eigenvalue weighted by Crippen LogP contribution is 2.35. The number of carbonyl (C=O) groups is 2. The number of aromatic nitrogens is 2. The Hall–Kier alpha value is -3.63. The van der Waals surface area contributed by atoms with Crippen LogP contribution in [-0.4, -0.2) is 41.4 Å². The van der Waals surface area contributed by atoms with Gasteiger partial charge >= 0.3 is 5.97 Å². The van der Waals surface area contributed by atoms with Crippen LogP contribution in [0.1, 0.15) is 33.6 Å². The fourth-order valence-electron chi connectivity index (χ4n) is 4.38. The van der Waals surface area contributed by atoms with Gasteiger partial charge in [-0.05, 0) is 79.8 Å². The molecule has 5 rings (SSSR count). The summed E-state index contributed by atoms with van der Waals surface area (Å²) >= 11 is 2.79. The van der Waals surface area contributed by atoms with Crippen LogP contribution in [0, 0.1) is 0 Å². The average Bonchev–Trinajstić information content (AvgIpc) is 3.31. The monoisotopic (exact) mass is 535 g/mol. The lowest BCUT2D eigenvalue weighted by atomic mass is 9.97. The molecule has 0 radical (unpaired) electrons. The van der Waals surface area contributed by atoms with E-state index in [-0.39, 0.29) is 17.2 Å². The minimum Gasteiger partial charge on any atom is -0.497 e. The minimum absolute atomic E-state index is 0.0535. The Morgan fingerprint density at radius 2 is 1.78 bits per heavy atom. The molecule has 0 saturated heterocycles. The van der Waals surface area contributed by atoms with Crippen molar-refractivity contribution in [2.24, 2.45) is 0 Å². The number of rotatable bonds is 7. The Morgan fingerprint density at radius 3 is 2.49 bits per heavy atom. The fourth-order valence-corrected chi connectivity index (χ4v) is 6.49. The predicted molar refractivity (Wildman–Crippen MR) is 146 cm³/mol. The topological polar surface area (TPSA) is 99.5 Å². The van der Waals surface area contributed by atoms with E-state index in [0.29, 0.717) is 33.2 Å². The standard InChI is InChI=1S/C27H25N3O5S2/c1-34-19-13-11-18(12-14-19)30-25(32)23-20-5-3-4-6-21(20)37-24(23)29-27(30)36-15-22(31)28-17-9-7-16(8-10-17)26(33)35-2/h7-14H,3-6,15H2,1-2H3,(H,28,31). The summed E-state index contributed by atoms with van der Waals surface area (Å²) in [4.78, 5) is 45.0. The zero-order valence-electron chi connectivity index (χ0n) is 20.4. The zero-order chi connectivity index (χ0) is 25.9. The van der Waals surface area contributed by atoms with Crippen LogP contribution in [0.5, 0.6) is 5.75 Å². The van der Waals surface area contributed by atoms with Crippen molar-refractivity contribution in [2.45, 2.75) is 30.8 Å². The van der Waals surface area contributed by atoms with Crippen LogP contribution in [0.2, 0.25) is 0 Å². The van der Waals surface area contributed by atoms with E-state index in [4.69, 9.17) is 14.5 Å². The molecule has 1 aliphatic rings. The number of ether oxygens (including phenoxy) is 2. The molecule has 0 aliphatic heterocycles. The van der Waals surface area contributed by atoms with Crippen molar-refractivity contribution < 1.29 is 19.1 Å². The second-order valence-electron chi connectivity index (χ2n) is 8.53. The molecule has 8 nitrogen and oxygen atoms in total. The number of anilines is 1. The van der Waals surface area contributed by atoms with Crippen molar-refractivity contribution in [3.8, 4) is 11.4 Å². The maximum absolute atomic E-state index is 13.8. The highest BCUT2D eigenvalue weighted by Gasteiger charge is 2.23. The lowest BCUT2D eigenvalue weighted by Crippen LogP contribution is -2.23. The molecule has 1 N–H and O–H groups in total. The molecule has 0 unspecified atom stereocenters. The Morgan fingerprint density at radius 1 is 1.05 bits per heavy atom. The van der Waals surface area contributed by atoms with Gasteiger partial charge in [0.1, 0.15) is 10.6 Å². The number of fused-ring (bicyclic) bond motifs is 3. The number of thioether (sulfide) groups is 1. The van der Waals surface area contributed by atoms with E-state index < -0.39 is 5.97 Å². The molecule has 0 saturated carbocycles. The summed E-state index contributed by atoms with van der Waals surface area (Å²) in [6, 6.07) is 13.7. The summed E-state index contributed by atoms with van der Waals surface area (Å²) in [6.45, 7) is 0. The summed E-state index contributed by atoms with van der Waals surface area (Å²) in [6.07, 6.45) is 4.05. The first-order valence-electron chi connectivity index (χ1n) is 11.8. The van der Waals surface area contributed by atoms with Crippen LogP contribution in [-0.2, 0) is 22.4 Å². The predicted octanol–water partition coefficient (Wildman–Crippen LogP) is 4.85. The van der Waals surface area contributed by atoms with Gasteiger partial charge in [-0.15, -0.1) is 11.3 Å². The van der Waals surface area contributed by atoms with E-state index in [9.17, 15) is 14.4 Å². The SMILES string of the molecule is COC(=O)c1ccc(NC(=O)CSc2nc3sc4c(c3c(=O)n2-c2ccc(OC)cc2)CCCC4)cc1. The van der Waals surface area contributed by atoms with E-state index >= 15 is 0 Å². The van der Waals surface area contributed by atoms with Gasteiger partial charge < -0.3 is 14.8 Å². The van der Waals surface area contributed by atoms with Crippen LogP contribution in [0.4, 0.5) is 5.69 Å². The molecule has 1 amide bonds. The second-order valence-corrected chi connectivity index (χ2v) is 10.6. The molecule has 1 aliphatic carbocycles. The van der Waals surface area contributed by atoms with Gasteiger partial charge in [0.2, 0.25) is 5.91 Å². The van der Waals surface area contributed by atoms with Gasteiger partial charge in [-0.1, -0.05) is 11.8 Å². The molecule has 4 aromatic rings. The molecule has 0 fully saturated rings. The van der Waals surface area contributed by atoms with Crippen LogP contribution in [0.3, 0.4) is 0 Å². The van der Waals surface area contributed by atoms with Gasteiger partial charge in [0.05, 0.1) is 36.6 Å². The maximum atomic E-state index is 13.8. The van der Waals surface area contributed by atoms with Gasteiger partial charge in [-0.2, -0.15) is 0 Å². The van der Waals surface area contributed by atoms with Crippen molar-refractivity contribution >= 4 is 50.9 Å². The fraction of sp³-hybridized carbons (Fsp3) is 0.259. The summed E-state index contributed by atoms with van der Waals surface area (Å²) in [7, 11) is 2.91. The van der Waals surface area contributed by atoms with Gasteiger partial charge in [0, 0.05) is 10.6 Å². The molecule has 2 aromatic heterocycles. The van der Waals surface area contributed by atoms with Crippen molar-refractivity contribution in [1.82, 2.24) is 9.55 Å². The summed E-state index contributed by atoms with van der Waals surface area (Å²) in [5, 5.41) is 3.97. The first-order chi connectivity index (χ1) is 18.0. The molecule has 37 heavy (non-hydrogen) atoms. The van der Waals surface area contributed by atoms with Crippen molar-refractivity contribution in [3.63, 3.8) is 0 Å². The molecule has 2 aromatic carbocycles. The quantitative estimate of drug-likeness (QED) is 0.205. The number of esters is 1. The Bertz CT molecular complexity index is 1530. The Labute approximate surface area is 221 Å². The normalized spacial score (nSPS) is 12.7. The van der Waals surface area contributed by atoms with Crippen LogP contribution < -0.4 is 15.6 Å². The van der Waals surface area contributed by atoms with Crippen LogP contribution >= 0.6 is 23.1 Å². The highest BCUT2D eigenvalue weighted by atomic mass is 32.2. The molecule has 190 valence electrons. The number of thiophene rings is 1. The van der Waals surface area contributed by atoms with Gasteiger partial charge in [0.25, 0.3) is 5.56 Å². The number of methoxy groups -OCH3 is 2. The van der Waals surface area contributed by atoms with E-state index in [0.717, 1.165) is 36.1 Å². The zero-order valence-corrected chi connectivity index (χ0v) is 22.0. The third kappa shape index (κ3) is 5.12. The summed E-state index contributed by atoms with van der Waals surface area (Å²) in [5.41, 5.74) is 2.62.